The number of nitrogens with zero attached hydrogens (tertiary/aromatic N) is 2. The molecule has 2 amide bonds. The summed E-state index contributed by atoms with van der Waals surface area (Å²) in [7, 11) is 3.25. The Bertz CT molecular complexity index is 631. The van der Waals surface area contributed by atoms with Crippen LogP contribution in [0.3, 0.4) is 0 Å². The van der Waals surface area contributed by atoms with Gasteiger partial charge in [-0.3, -0.25) is 14.5 Å². The summed E-state index contributed by atoms with van der Waals surface area (Å²) in [6, 6.07) is 6.74. The van der Waals surface area contributed by atoms with Crippen LogP contribution in [-0.2, 0) is 11.3 Å². The first-order valence-electron chi connectivity index (χ1n) is 7.48. The second kappa shape index (κ2) is 6.80. The van der Waals surface area contributed by atoms with Crippen LogP contribution in [0.15, 0.2) is 24.3 Å². The van der Waals surface area contributed by atoms with Crippen molar-refractivity contribution in [2.24, 2.45) is 17.6 Å². The third-order valence-electron chi connectivity index (χ3n) is 4.17. The van der Waals surface area contributed by atoms with Crippen molar-refractivity contribution in [3.8, 4) is 0 Å². The van der Waals surface area contributed by atoms with Gasteiger partial charge >= 0.3 is 6.18 Å². The summed E-state index contributed by atoms with van der Waals surface area (Å²) in [5, 5.41) is 0. The maximum Gasteiger partial charge on any atom is 0.393 e. The van der Waals surface area contributed by atoms with Gasteiger partial charge in [0.25, 0.3) is 5.91 Å². The smallest absolute Gasteiger partial charge is 0.369 e. The van der Waals surface area contributed by atoms with E-state index in [2.05, 4.69) is 0 Å². The number of amides is 2. The number of halogens is 3. The van der Waals surface area contributed by atoms with Gasteiger partial charge in [-0.15, -0.1) is 0 Å². The molecule has 8 heteroatoms. The number of likely N-dealkylation sites (tertiary alicyclic amines) is 1. The monoisotopic (exact) mass is 343 g/mol. The maximum atomic E-state index is 13.1. The largest absolute Gasteiger partial charge is 0.393 e. The van der Waals surface area contributed by atoms with Crippen LogP contribution in [0.4, 0.5) is 13.2 Å². The Kier molecular flexibility index (Phi) is 5.17. The quantitative estimate of drug-likeness (QED) is 0.901. The normalized spacial score (nSPS) is 21.7. The predicted molar refractivity (Wildman–Crippen MR) is 82.0 cm³/mol. The van der Waals surface area contributed by atoms with Crippen molar-refractivity contribution in [2.75, 3.05) is 27.2 Å². The zero-order valence-electron chi connectivity index (χ0n) is 13.5. The van der Waals surface area contributed by atoms with E-state index in [0.717, 1.165) is 0 Å². The molecule has 2 atom stereocenters. The van der Waals surface area contributed by atoms with Gasteiger partial charge in [-0.1, -0.05) is 12.1 Å². The Morgan fingerprint density at radius 3 is 2.46 bits per heavy atom. The third kappa shape index (κ3) is 4.05. The molecule has 1 heterocycles. The fraction of sp³-hybridized carbons (Fsp3) is 0.500. The van der Waals surface area contributed by atoms with Gasteiger partial charge in [-0.25, -0.2) is 0 Å². The topological polar surface area (TPSA) is 66.6 Å². The number of rotatable bonds is 4. The number of hydrogen-bond donors (Lipinski definition) is 1. The summed E-state index contributed by atoms with van der Waals surface area (Å²) < 4.78 is 39.2. The molecule has 1 aromatic carbocycles. The minimum absolute atomic E-state index is 0.0363. The molecule has 0 unspecified atom stereocenters. The molecule has 5 nitrogen and oxygen atoms in total. The van der Waals surface area contributed by atoms with Gasteiger partial charge in [0, 0.05) is 39.3 Å². The minimum Gasteiger partial charge on any atom is -0.369 e. The molecule has 1 aliphatic rings. The zero-order valence-corrected chi connectivity index (χ0v) is 13.5. The van der Waals surface area contributed by atoms with Crippen LogP contribution in [0, 0.1) is 11.8 Å². The summed E-state index contributed by atoms with van der Waals surface area (Å²) in [4.78, 5) is 26.3. The summed E-state index contributed by atoms with van der Waals surface area (Å²) in [6.07, 6.45) is -4.46. The lowest BCUT2D eigenvalue weighted by molar-refractivity contribution is -0.182. The van der Waals surface area contributed by atoms with Gasteiger partial charge < -0.3 is 10.6 Å². The number of primary amides is 1. The van der Waals surface area contributed by atoms with Crippen molar-refractivity contribution in [3.05, 3.63) is 35.4 Å². The molecule has 2 N–H and O–H groups in total. The van der Waals surface area contributed by atoms with Crippen LogP contribution in [0.5, 0.6) is 0 Å². The number of nitrogens with two attached hydrogens (primary N) is 1. The highest BCUT2D eigenvalue weighted by atomic mass is 19.4. The molecule has 2 rings (SSSR count). The van der Waals surface area contributed by atoms with Gasteiger partial charge in [-0.05, 0) is 17.7 Å². The van der Waals surface area contributed by atoms with Gasteiger partial charge in [0.05, 0.1) is 11.8 Å². The number of carbonyl (C=O) groups excluding carboxylic acids is 2. The molecule has 1 fully saturated rings. The Morgan fingerprint density at radius 1 is 1.29 bits per heavy atom. The van der Waals surface area contributed by atoms with Crippen LogP contribution in [0.1, 0.15) is 15.9 Å². The Labute approximate surface area is 138 Å². The highest BCUT2D eigenvalue weighted by Gasteiger charge is 2.51. The average Bonchev–Trinajstić information content (AvgIpc) is 2.91. The molecule has 0 radical (unpaired) electrons. The number of hydrogen-bond acceptors (Lipinski definition) is 3. The van der Waals surface area contributed by atoms with Crippen molar-refractivity contribution < 1.29 is 22.8 Å². The van der Waals surface area contributed by atoms with E-state index in [0.29, 0.717) is 11.1 Å². The molecule has 0 aliphatic carbocycles. The zero-order chi connectivity index (χ0) is 18.1. The van der Waals surface area contributed by atoms with E-state index in [9.17, 15) is 22.8 Å². The highest BCUT2D eigenvalue weighted by molar-refractivity contribution is 5.94. The lowest BCUT2D eigenvalue weighted by atomic mass is 9.95. The molecule has 0 spiro atoms. The summed E-state index contributed by atoms with van der Waals surface area (Å²) >= 11 is 0. The van der Waals surface area contributed by atoms with Gasteiger partial charge in [0.15, 0.2) is 0 Å². The highest BCUT2D eigenvalue weighted by Crippen LogP contribution is 2.37. The fourth-order valence-corrected chi connectivity index (χ4v) is 2.95. The van der Waals surface area contributed by atoms with Crippen molar-refractivity contribution >= 4 is 11.8 Å². The standard InChI is InChI=1S/C16H20F3N3O2/c1-21(2)15(24)11-5-3-4-10(6-11)7-22-8-12(14(20)23)13(9-22)16(17,18)19/h3-6,12-13H,7-9H2,1-2H3,(H2,20,23)/t12-,13-/m1/s1. The van der Waals surface area contributed by atoms with Crippen LogP contribution in [0.2, 0.25) is 0 Å². The molecule has 0 bridgehead atoms. The van der Waals surface area contributed by atoms with Gasteiger partial charge in [-0.2, -0.15) is 13.2 Å². The van der Waals surface area contributed by atoms with Crippen LogP contribution >= 0.6 is 0 Å². The molecular formula is C16H20F3N3O2. The van der Waals surface area contributed by atoms with Crippen molar-refractivity contribution in [2.45, 2.75) is 12.7 Å². The van der Waals surface area contributed by atoms with Gasteiger partial charge in [0.2, 0.25) is 5.91 Å². The fourth-order valence-electron chi connectivity index (χ4n) is 2.95. The van der Waals surface area contributed by atoms with E-state index in [1.165, 1.54) is 4.90 Å². The SMILES string of the molecule is CN(C)C(=O)c1cccc(CN2C[C@@H](C(F)(F)F)[C@H](C(N)=O)C2)c1. The number of alkyl halides is 3. The average molecular weight is 343 g/mol. The molecule has 1 aliphatic heterocycles. The molecule has 24 heavy (non-hydrogen) atoms. The molecule has 132 valence electrons. The van der Waals surface area contributed by atoms with Crippen molar-refractivity contribution in [3.63, 3.8) is 0 Å². The second-order valence-corrected chi connectivity index (χ2v) is 6.25. The van der Waals surface area contributed by atoms with E-state index in [4.69, 9.17) is 5.73 Å². The van der Waals surface area contributed by atoms with Crippen LogP contribution in [-0.4, -0.2) is 55.0 Å². The summed E-state index contributed by atoms with van der Waals surface area (Å²) in [5.74, 6) is -4.10. The number of carbonyl (C=O) groups is 2. The first kappa shape index (κ1) is 18.3. The molecule has 1 saturated heterocycles. The Hall–Kier alpha value is -2.09. The lowest BCUT2D eigenvalue weighted by Crippen LogP contribution is -2.37. The third-order valence-corrected chi connectivity index (χ3v) is 4.17. The number of benzene rings is 1. The van der Waals surface area contributed by atoms with E-state index in [-0.39, 0.29) is 25.5 Å². The molecule has 0 aromatic heterocycles. The Balaban J connectivity index is 2.13. The second-order valence-electron chi connectivity index (χ2n) is 6.25. The van der Waals surface area contributed by atoms with Crippen LogP contribution in [0.25, 0.3) is 0 Å². The molecule has 0 saturated carbocycles. The maximum absolute atomic E-state index is 13.1. The molecule has 1 aromatic rings. The molecular weight excluding hydrogens is 323 g/mol. The van der Waals surface area contributed by atoms with Crippen molar-refractivity contribution in [1.29, 1.82) is 0 Å². The minimum atomic E-state index is -4.46. The lowest BCUT2D eigenvalue weighted by Gasteiger charge is -2.19. The van der Waals surface area contributed by atoms with E-state index in [1.807, 2.05) is 0 Å². The van der Waals surface area contributed by atoms with Crippen LogP contribution < -0.4 is 5.73 Å². The summed E-state index contributed by atoms with van der Waals surface area (Å²) in [5.41, 5.74) is 6.31. The first-order chi connectivity index (χ1) is 11.1. The van der Waals surface area contributed by atoms with Crippen molar-refractivity contribution in [1.82, 2.24) is 9.80 Å². The Morgan fingerprint density at radius 2 is 1.96 bits per heavy atom. The van der Waals surface area contributed by atoms with E-state index in [1.54, 1.807) is 43.3 Å². The van der Waals surface area contributed by atoms with Gasteiger partial charge in [0.1, 0.15) is 0 Å². The summed E-state index contributed by atoms with van der Waals surface area (Å²) in [6.45, 7) is -0.0841. The van der Waals surface area contributed by atoms with E-state index >= 15 is 0 Å². The predicted octanol–water partition coefficient (Wildman–Crippen LogP) is 1.48. The van der Waals surface area contributed by atoms with E-state index < -0.39 is 23.9 Å². The first-order valence-corrected chi connectivity index (χ1v) is 7.48.